The lowest BCUT2D eigenvalue weighted by atomic mass is 9.96. The van der Waals surface area contributed by atoms with Crippen LogP contribution in [0.3, 0.4) is 0 Å². The zero-order valence-corrected chi connectivity index (χ0v) is 21.0. The normalized spacial score (nSPS) is 14.2. The minimum atomic E-state index is -0.0990. The number of carbonyl (C=O) groups excluding carboxylic acids is 1. The molecule has 0 saturated carbocycles. The number of amides is 1. The number of fused-ring (bicyclic) bond motifs is 1. The van der Waals surface area contributed by atoms with Crippen molar-refractivity contribution in [3.63, 3.8) is 0 Å². The van der Waals surface area contributed by atoms with Crippen LogP contribution in [0.4, 0.5) is 5.82 Å². The molecule has 6 nitrogen and oxygen atoms in total. The molecule has 1 aromatic heterocycles. The Labute approximate surface area is 215 Å². The van der Waals surface area contributed by atoms with Gasteiger partial charge in [-0.1, -0.05) is 65.7 Å². The first-order valence-corrected chi connectivity index (χ1v) is 12.7. The van der Waals surface area contributed by atoms with Crippen LogP contribution in [-0.2, 0) is 17.9 Å². The third-order valence-electron chi connectivity index (χ3n) is 6.82. The van der Waals surface area contributed by atoms with Crippen LogP contribution in [-0.4, -0.2) is 28.5 Å². The van der Waals surface area contributed by atoms with Gasteiger partial charge in [0.25, 0.3) is 5.56 Å². The lowest BCUT2D eigenvalue weighted by Crippen LogP contribution is -2.43. The maximum Gasteiger partial charge on any atom is 0.294 e. The van der Waals surface area contributed by atoms with E-state index in [1.54, 1.807) is 0 Å². The van der Waals surface area contributed by atoms with Gasteiger partial charge in [-0.05, 0) is 55.2 Å². The molecule has 184 valence electrons. The molecule has 0 atom stereocenters. The minimum Gasteiger partial charge on any atom is -0.352 e. The molecule has 1 amide bonds. The van der Waals surface area contributed by atoms with Crippen LogP contribution in [0.15, 0.2) is 77.6 Å². The summed E-state index contributed by atoms with van der Waals surface area (Å²) in [5, 5.41) is 3.69. The van der Waals surface area contributed by atoms with Gasteiger partial charge in [0.15, 0.2) is 5.82 Å². The van der Waals surface area contributed by atoms with Gasteiger partial charge in [-0.2, -0.15) is 0 Å². The fraction of sp³-hybridized carbons (Fsp3) is 0.276. The second-order valence-corrected chi connectivity index (χ2v) is 9.85. The number of nitrogens with zero attached hydrogens (tertiary/aromatic N) is 3. The molecule has 5 rings (SSSR count). The second kappa shape index (κ2) is 10.5. The number of aromatic nitrogens is 2. The molecule has 2 heterocycles. The van der Waals surface area contributed by atoms with E-state index in [-0.39, 0.29) is 17.4 Å². The van der Waals surface area contributed by atoms with Crippen molar-refractivity contribution < 1.29 is 4.79 Å². The summed E-state index contributed by atoms with van der Waals surface area (Å²) in [6, 6.07) is 23.5. The van der Waals surface area contributed by atoms with E-state index in [1.165, 1.54) is 5.56 Å². The number of para-hydroxylation sites is 2. The molecular formula is C29H29ClN4O2. The first-order chi connectivity index (χ1) is 17.5. The summed E-state index contributed by atoms with van der Waals surface area (Å²) in [6.07, 6.45) is 1.35. The van der Waals surface area contributed by atoms with Gasteiger partial charge >= 0.3 is 0 Å². The highest BCUT2D eigenvalue weighted by molar-refractivity contribution is 6.30. The summed E-state index contributed by atoms with van der Waals surface area (Å²) in [4.78, 5) is 33.2. The summed E-state index contributed by atoms with van der Waals surface area (Å²) >= 11 is 6.04. The predicted octanol–water partition coefficient (Wildman–Crippen LogP) is 4.94. The van der Waals surface area contributed by atoms with E-state index in [1.807, 2.05) is 58.0 Å². The predicted molar refractivity (Wildman–Crippen MR) is 145 cm³/mol. The van der Waals surface area contributed by atoms with Gasteiger partial charge in [-0.3, -0.25) is 14.2 Å². The van der Waals surface area contributed by atoms with Crippen molar-refractivity contribution in [2.45, 2.75) is 32.9 Å². The van der Waals surface area contributed by atoms with E-state index in [4.69, 9.17) is 16.6 Å². The molecule has 0 aliphatic carbocycles. The SMILES string of the molecule is Cc1ccc(Cn2c(=O)c(N3CCC(C(=O)NCc4cccc(Cl)c4)CC3)nc3ccccc32)cc1. The number of piperidine rings is 1. The average molecular weight is 501 g/mol. The number of carbonyl (C=O) groups is 1. The smallest absolute Gasteiger partial charge is 0.294 e. The molecule has 0 unspecified atom stereocenters. The lowest BCUT2D eigenvalue weighted by Gasteiger charge is -2.32. The van der Waals surface area contributed by atoms with Crippen molar-refractivity contribution in [1.82, 2.24) is 14.9 Å². The van der Waals surface area contributed by atoms with Gasteiger partial charge in [0.2, 0.25) is 5.91 Å². The Bertz CT molecular complexity index is 1440. The zero-order chi connectivity index (χ0) is 25.1. The van der Waals surface area contributed by atoms with E-state index in [0.717, 1.165) is 22.2 Å². The van der Waals surface area contributed by atoms with E-state index in [0.29, 0.717) is 49.9 Å². The highest BCUT2D eigenvalue weighted by atomic mass is 35.5. The Hall–Kier alpha value is -3.64. The van der Waals surface area contributed by atoms with Crippen LogP contribution >= 0.6 is 11.6 Å². The van der Waals surface area contributed by atoms with Crippen molar-refractivity contribution in [3.05, 3.63) is 105 Å². The Morgan fingerprint density at radius 3 is 2.50 bits per heavy atom. The molecule has 1 N–H and O–H groups in total. The van der Waals surface area contributed by atoms with Crippen molar-refractivity contribution in [2.75, 3.05) is 18.0 Å². The number of rotatable bonds is 6. The van der Waals surface area contributed by atoms with E-state index in [9.17, 15) is 9.59 Å². The number of anilines is 1. The van der Waals surface area contributed by atoms with Crippen LogP contribution in [0.1, 0.15) is 29.5 Å². The van der Waals surface area contributed by atoms with Crippen molar-refractivity contribution in [3.8, 4) is 0 Å². The Balaban J connectivity index is 1.31. The molecular weight excluding hydrogens is 472 g/mol. The third kappa shape index (κ3) is 5.29. The second-order valence-electron chi connectivity index (χ2n) is 9.41. The topological polar surface area (TPSA) is 67.2 Å². The largest absolute Gasteiger partial charge is 0.352 e. The van der Waals surface area contributed by atoms with Crippen LogP contribution in [0.5, 0.6) is 0 Å². The number of nitrogens with one attached hydrogen (secondary N) is 1. The van der Waals surface area contributed by atoms with Gasteiger partial charge in [0.05, 0.1) is 17.6 Å². The monoisotopic (exact) mass is 500 g/mol. The summed E-state index contributed by atoms with van der Waals surface area (Å²) in [6.45, 7) is 4.21. The summed E-state index contributed by atoms with van der Waals surface area (Å²) in [5.74, 6) is 0.409. The molecule has 4 aromatic rings. The van der Waals surface area contributed by atoms with Crippen LogP contribution < -0.4 is 15.8 Å². The first-order valence-electron chi connectivity index (χ1n) is 12.3. The van der Waals surface area contributed by atoms with Crippen LogP contribution in [0.2, 0.25) is 5.02 Å². The molecule has 1 saturated heterocycles. The van der Waals surface area contributed by atoms with Crippen molar-refractivity contribution >= 4 is 34.4 Å². The van der Waals surface area contributed by atoms with E-state index < -0.39 is 0 Å². The molecule has 1 fully saturated rings. The zero-order valence-electron chi connectivity index (χ0n) is 20.3. The highest BCUT2D eigenvalue weighted by Crippen LogP contribution is 2.23. The molecule has 7 heteroatoms. The standard InChI is InChI=1S/C29H29ClN4O2/c1-20-9-11-21(12-10-20)19-34-26-8-3-2-7-25(26)32-27(29(34)36)33-15-13-23(14-16-33)28(35)31-18-22-5-4-6-24(30)17-22/h2-12,17,23H,13-16,18-19H2,1H3,(H,31,35). The van der Waals surface area contributed by atoms with Gasteiger partial charge in [0.1, 0.15) is 0 Å². The third-order valence-corrected chi connectivity index (χ3v) is 7.05. The van der Waals surface area contributed by atoms with E-state index in [2.05, 4.69) is 36.5 Å². The van der Waals surface area contributed by atoms with Gasteiger partial charge in [0, 0.05) is 30.6 Å². The molecule has 36 heavy (non-hydrogen) atoms. The fourth-order valence-electron chi connectivity index (χ4n) is 4.75. The number of aryl methyl sites for hydroxylation is 1. The maximum atomic E-state index is 13.6. The lowest BCUT2D eigenvalue weighted by molar-refractivity contribution is -0.125. The van der Waals surface area contributed by atoms with Gasteiger partial charge in [-0.15, -0.1) is 0 Å². The average Bonchev–Trinajstić information content (AvgIpc) is 2.90. The summed E-state index contributed by atoms with van der Waals surface area (Å²) in [7, 11) is 0. The van der Waals surface area contributed by atoms with Crippen LogP contribution in [0, 0.1) is 12.8 Å². The highest BCUT2D eigenvalue weighted by Gasteiger charge is 2.27. The summed E-state index contributed by atoms with van der Waals surface area (Å²) in [5.41, 5.74) is 4.74. The van der Waals surface area contributed by atoms with Crippen LogP contribution in [0.25, 0.3) is 11.0 Å². The van der Waals surface area contributed by atoms with Gasteiger partial charge < -0.3 is 10.2 Å². The molecule has 0 radical (unpaired) electrons. The number of benzene rings is 3. The van der Waals surface area contributed by atoms with Gasteiger partial charge in [-0.25, -0.2) is 4.98 Å². The van der Waals surface area contributed by atoms with Crippen molar-refractivity contribution in [2.24, 2.45) is 5.92 Å². The quantitative estimate of drug-likeness (QED) is 0.407. The molecule has 1 aliphatic rings. The number of halogens is 1. The first kappa shape index (κ1) is 24.1. The Morgan fingerprint density at radius 2 is 1.75 bits per heavy atom. The fourth-order valence-corrected chi connectivity index (χ4v) is 4.96. The van der Waals surface area contributed by atoms with E-state index >= 15 is 0 Å². The number of hydrogen-bond acceptors (Lipinski definition) is 4. The molecule has 0 bridgehead atoms. The minimum absolute atomic E-state index is 0.0397. The Morgan fingerprint density at radius 1 is 1.00 bits per heavy atom. The van der Waals surface area contributed by atoms with Crippen molar-refractivity contribution in [1.29, 1.82) is 0 Å². The summed E-state index contributed by atoms with van der Waals surface area (Å²) < 4.78 is 1.81. The maximum absolute atomic E-state index is 13.6. The molecule has 3 aromatic carbocycles. The molecule has 1 aliphatic heterocycles. The Kier molecular flexibility index (Phi) is 7.05. The molecule has 0 spiro atoms. The number of hydrogen-bond donors (Lipinski definition) is 1.